The van der Waals surface area contributed by atoms with E-state index in [1.807, 2.05) is 6.07 Å². The molecular weight excluding hydrogens is 309 g/mol. The predicted octanol–water partition coefficient (Wildman–Crippen LogP) is 1.63. The summed E-state index contributed by atoms with van der Waals surface area (Å²) in [6.45, 7) is 0.291. The van der Waals surface area contributed by atoms with Crippen LogP contribution in [0.4, 0.5) is 4.39 Å². The van der Waals surface area contributed by atoms with Crippen molar-refractivity contribution in [1.29, 1.82) is 5.26 Å². The van der Waals surface area contributed by atoms with Crippen LogP contribution in [0.2, 0.25) is 0 Å². The molecule has 5 nitrogen and oxygen atoms in total. The van der Waals surface area contributed by atoms with Gasteiger partial charge in [-0.25, -0.2) is 4.39 Å². The number of alkyl halides is 1. The van der Waals surface area contributed by atoms with Gasteiger partial charge in [0.2, 0.25) is 5.91 Å². The van der Waals surface area contributed by atoms with E-state index >= 15 is 0 Å². The second-order valence-electron chi connectivity index (χ2n) is 8.12. The van der Waals surface area contributed by atoms with Crippen LogP contribution in [0.3, 0.4) is 0 Å². The molecule has 24 heavy (non-hydrogen) atoms. The number of nitrogens with zero attached hydrogens (tertiary/aromatic N) is 2. The van der Waals surface area contributed by atoms with Crippen LogP contribution in [0.25, 0.3) is 0 Å². The van der Waals surface area contributed by atoms with Gasteiger partial charge in [0.15, 0.2) is 0 Å². The number of rotatable bonds is 4. The average molecular weight is 335 g/mol. The highest BCUT2D eigenvalue weighted by Gasteiger charge is 2.63. The summed E-state index contributed by atoms with van der Waals surface area (Å²) < 4.78 is 19.1. The summed E-state index contributed by atoms with van der Waals surface area (Å²) in [5.41, 5.74) is 0.362. The molecule has 1 spiro atoms. The van der Waals surface area contributed by atoms with Crippen molar-refractivity contribution < 1.29 is 13.9 Å². The van der Waals surface area contributed by atoms with Gasteiger partial charge in [-0.05, 0) is 49.4 Å². The summed E-state index contributed by atoms with van der Waals surface area (Å²) in [5.74, 6) is 1.30. The highest BCUT2D eigenvalue weighted by atomic mass is 19.1. The molecular formula is C18H26FN3O2. The van der Waals surface area contributed by atoms with Crippen LogP contribution in [-0.4, -0.2) is 55.4 Å². The molecule has 0 aromatic rings. The van der Waals surface area contributed by atoms with Gasteiger partial charge in [-0.2, -0.15) is 5.26 Å². The Morgan fingerprint density at radius 1 is 1.38 bits per heavy atom. The molecule has 132 valence electrons. The minimum Gasteiger partial charge on any atom is -0.381 e. The van der Waals surface area contributed by atoms with E-state index in [0.29, 0.717) is 23.5 Å². The molecule has 0 bridgehead atoms. The van der Waals surface area contributed by atoms with E-state index in [4.69, 9.17) is 10.00 Å². The van der Waals surface area contributed by atoms with Gasteiger partial charge in [0, 0.05) is 19.6 Å². The number of amides is 1. The maximum atomic E-state index is 13.5. The fourth-order valence-corrected chi connectivity index (χ4v) is 5.67. The number of fused-ring (bicyclic) bond motifs is 2. The molecule has 0 radical (unpaired) electrons. The summed E-state index contributed by atoms with van der Waals surface area (Å²) in [6, 6.07) is 1.83. The summed E-state index contributed by atoms with van der Waals surface area (Å²) >= 11 is 0. The SMILES string of the molecule is COC1C[C@@H]2CC(NCC(=O)N3C[C@@H](F)C[C@H]3C#N)C3(CC3)[C@@H]2C1. The lowest BCUT2D eigenvalue weighted by Crippen LogP contribution is -2.45. The lowest BCUT2D eigenvalue weighted by Gasteiger charge is -2.27. The van der Waals surface area contributed by atoms with Crippen molar-refractivity contribution in [3.8, 4) is 6.07 Å². The minimum absolute atomic E-state index is 0.0648. The third-order valence-electron chi connectivity index (χ3n) is 7.00. The molecule has 0 aromatic heterocycles. The van der Waals surface area contributed by atoms with E-state index in [1.54, 1.807) is 7.11 Å². The molecule has 1 heterocycles. The normalized spacial score (nSPS) is 42.3. The Hall–Kier alpha value is -1.19. The molecule has 1 aliphatic heterocycles. The molecule has 6 heteroatoms. The number of carbonyl (C=O) groups excluding carboxylic acids is 1. The van der Waals surface area contributed by atoms with Crippen LogP contribution in [0.5, 0.6) is 0 Å². The van der Waals surface area contributed by atoms with Crippen molar-refractivity contribution in [2.24, 2.45) is 17.3 Å². The van der Waals surface area contributed by atoms with Gasteiger partial charge in [-0.1, -0.05) is 0 Å². The maximum Gasteiger partial charge on any atom is 0.237 e. The number of methoxy groups -OCH3 is 1. The maximum absolute atomic E-state index is 13.5. The van der Waals surface area contributed by atoms with Crippen molar-refractivity contribution in [2.45, 2.75) is 62.9 Å². The van der Waals surface area contributed by atoms with E-state index in [0.717, 1.165) is 25.2 Å². The van der Waals surface area contributed by atoms with E-state index in [9.17, 15) is 9.18 Å². The average Bonchev–Trinajstić information content (AvgIpc) is 3.00. The number of hydrogen-bond donors (Lipinski definition) is 1. The second-order valence-corrected chi connectivity index (χ2v) is 8.12. The summed E-state index contributed by atoms with van der Waals surface area (Å²) in [5, 5.41) is 12.6. The molecule has 4 rings (SSSR count). The number of ether oxygens (including phenoxy) is 1. The van der Waals surface area contributed by atoms with E-state index in [2.05, 4.69) is 5.32 Å². The largest absolute Gasteiger partial charge is 0.381 e. The molecule has 0 aromatic carbocycles. The number of hydrogen-bond acceptors (Lipinski definition) is 4. The molecule has 4 fully saturated rings. The lowest BCUT2D eigenvalue weighted by molar-refractivity contribution is -0.130. The summed E-state index contributed by atoms with van der Waals surface area (Å²) in [6.07, 6.45) is 5.39. The van der Waals surface area contributed by atoms with E-state index in [1.165, 1.54) is 17.7 Å². The number of nitriles is 1. The standard InChI is InChI=1S/C18H26FN3O2/c1-24-14-4-11-5-16(18(2-3-18)15(11)7-14)21-9-17(23)22-10-12(19)6-13(22)8-20/h11-16,21H,2-7,9-10H2,1H3/t11-,12+,13+,14?,15-,16?/m1/s1. The lowest BCUT2D eigenvalue weighted by atomic mass is 9.87. The van der Waals surface area contributed by atoms with Crippen molar-refractivity contribution in [2.75, 3.05) is 20.2 Å². The first-order valence-corrected chi connectivity index (χ1v) is 9.16. The third-order valence-corrected chi connectivity index (χ3v) is 7.00. The van der Waals surface area contributed by atoms with Crippen LogP contribution < -0.4 is 5.32 Å². The first-order chi connectivity index (χ1) is 11.6. The topological polar surface area (TPSA) is 65.4 Å². The van der Waals surface area contributed by atoms with Gasteiger partial charge in [-0.15, -0.1) is 0 Å². The van der Waals surface area contributed by atoms with Crippen LogP contribution in [0.1, 0.15) is 38.5 Å². The highest BCUT2D eigenvalue weighted by molar-refractivity contribution is 5.79. The molecule has 3 aliphatic carbocycles. The van der Waals surface area contributed by atoms with Crippen molar-refractivity contribution in [1.82, 2.24) is 10.2 Å². The Labute approximate surface area is 142 Å². The number of likely N-dealkylation sites (tertiary alicyclic amines) is 1. The minimum atomic E-state index is -1.06. The first kappa shape index (κ1) is 16.3. The van der Waals surface area contributed by atoms with Crippen molar-refractivity contribution in [3.63, 3.8) is 0 Å². The second kappa shape index (κ2) is 5.96. The summed E-state index contributed by atoms with van der Waals surface area (Å²) in [7, 11) is 1.81. The Bertz CT molecular complexity index is 559. The molecule has 1 saturated heterocycles. The number of carbonyl (C=O) groups is 1. The predicted molar refractivity (Wildman–Crippen MR) is 85.7 cm³/mol. The molecule has 2 unspecified atom stereocenters. The Morgan fingerprint density at radius 2 is 2.17 bits per heavy atom. The van der Waals surface area contributed by atoms with Gasteiger partial charge in [0.05, 0.1) is 25.3 Å². The molecule has 4 aliphatic rings. The smallest absolute Gasteiger partial charge is 0.237 e. The zero-order chi connectivity index (χ0) is 16.9. The number of halogens is 1. The van der Waals surface area contributed by atoms with Gasteiger partial charge in [0.25, 0.3) is 0 Å². The Kier molecular flexibility index (Phi) is 4.04. The van der Waals surface area contributed by atoms with Crippen LogP contribution in [-0.2, 0) is 9.53 Å². The van der Waals surface area contributed by atoms with E-state index < -0.39 is 12.2 Å². The summed E-state index contributed by atoms with van der Waals surface area (Å²) in [4.78, 5) is 13.8. The van der Waals surface area contributed by atoms with Crippen LogP contribution in [0.15, 0.2) is 0 Å². The van der Waals surface area contributed by atoms with Gasteiger partial charge in [-0.3, -0.25) is 4.79 Å². The van der Waals surface area contributed by atoms with Crippen molar-refractivity contribution in [3.05, 3.63) is 0 Å². The van der Waals surface area contributed by atoms with Crippen LogP contribution in [0, 0.1) is 28.6 Å². The van der Waals surface area contributed by atoms with Gasteiger partial charge >= 0.3 is 0 Å². The Balaban J connectivity index is 1.34. The molecule has 1 N–H and O–H groups in total. The molecule has 6 atom stereocenters. The highest BCUT2D eigenvalue weighted by Crippen LogP contribution is 2.67. The van der Waals surface area contributed by atoms with Gasteiger partial charge < -0.3 is 15.0 Å². The zero-order valence-electron chi connectivity index (χ0n) is 14.2. The Morgan fingerprint density at radius 3 is 2.83 bits per heavy atom. The number of nitrogens with one attached hydrogen (secondary N) is 1. The molecule has 1 amide bonds. The first-order valence-electron chi connectivity index (χ1n) is 9.16. The zero-order valence-corrected chi connectivity index (χ0v) is 14.2. The monoisotopic (exact) mass is 335 g/mol. The van der Waals surface area contributed by atoms with Gasteiger partial charge in [0.1, 0.15) is 12.2 Å². The van der Waals surface area contributed by atoms with Crippen molar-refractivity contribution >= 4 is 5.91 Å². The quantitative estimate of drug-likeness (QED) is 0.848. The fraction of sp³-hybridized carbons (Fsp3) is 0.889. The fourth-order valence-electron chi connectivity index (χ4n) is 5.67. The van der Waals surface area contributed by atoms with Crippen LogP contribution >= 0.6 is 0 Å². The molecule has 3 saturated carbocycles. The third kappa shape index (κ3) is 2.53. The van der Waals surface area contributed by atoms with E-state index in [-0.39, 0.29) is 25.4 Å².